The maximum atomic E-state index is 12.4. The van der Waals surface area contributed by atoms with Gasteiger partial charge in [0.2, 0.25) is 0 Å². The first-order valence-corrected chi connectivity index (χ1v) is 8.76. The van der Waals surface area contributed by atoms with Crippen LogP contribution in [0.5, 0.6) is 0 Å². The molecular formula is C14H15N3O2S2. The number of carbonyl (C=O) groups excluding carboxylic acids is 1. The van der Waals surface area contributed by atoms with Gasteiger partial charge in [0, 0.05) is 11.6 Å². The minimum Gasteiger partial charge on any atom is -0.391 e. The number of aromatic nitrogens is 2. The Morgan fingerprint density at radius 3 is 3.14 bits per heavy atom. The molecule has 0 bridgehead atoms. The summed E-state index contributed by atoms with van der Waals surface area (Å²) >= 11 is 2.99. The zero-order valence-electron chi connectivity index (χ0n) is 11.3. The van der Waals surface area contributed by atoms with E-state index in [2.05, 4.69) is 10.3 Å². The zero-order chi connectivity index (χ0) is 14.4. The molecular weight excluding hydrogens is 306 g/mol. The summed E-state index contributed by atoms with van der Waals surface area (Å²) in [6, 6.07) is 1.77. The third kappa shape index (κ3) is 2.25. The van der Waals surface area contributed by atoms with E-state index in [0.29, 0.717) is 4.88 Å². The Kier molecular flexibility index (Phi) is 3.20. The molecule has 3 aromatic rings. The van der Waals surface area contributed by atoms with E-state index in [0.717, 1.165) is 41.0 Å². The third-order valence-corrected chi connectivity index (χ3v) is 5.78. The number of nitrogens with one attached hydrogen (secondary N) is 1. The van der Waals surface area contributed by atoms with Crippen molar-refractivity contribution in [3.8, 4) is 0 Å². The molecule has 3 aromatic heterocycles. The molecule has 21 heavy (non-hydrogen) atoms. The lowest BCUT2D eigenvalue weighted by Gasteiger charge is -2.28. The Morgan fingerprint density at radius 2 is 2.29 bits per heavy atom. The van der Waals surface area contributed by atoms with Gasteiger partial charge in [-0.2, -0.15) is 0 Å². The minimum absolute atomic E-state index is 0.104. The number of aliphatic hydroxyl groups is 1. The van der Waals surface area contributed by atoms with Crippen LogP contribution in [0.3, 0.4) is 0 Å². The quantitative estimate of drug-likeness (QED) is 0.762. The van der Waals surface area contributed by atoms with E-state index in [4.69, 9.17) is 0 Å². The molecule has 1 aliphatic carbocycles. The lowest BCUT2D eigenvalue weighted by atomic mass is 9.92. The largest absolute Gasteiger partial charge is 0.391 e. The second kappa shape index (κ2) is 5.08. The topological polar surface area (TPSA) is 66.6 Å². The number of nitrogens with zero attached hydrogens (tertiary/aromatic N) is 2. The highest BCUT2D eigenvalue weighted by atomic mass is 32.1. The molecule has 2 N–H and O–H groups in total. The molecule has 5 nitrogen and oxygen atoms in total. The molecule has 4 rings (SSSR count). The van der Waals surface area contributed by atoms with Gasteiger partial charge in [0.25, 0.3) is 5.91 Å². The van der Waals surface area contributed by atoms with Gasteiger partial charge < -0.3 is 10.4 Å². The summed E-state index contributed by atoms with van der Waals surface area (Å²) < 4.78 is 2.00. The van der Waals surface area contributed by atoms with Gasteiger partial charge in [0.1, 0.15) is 4.83 Å². The molecule has 1 fully saturated rings. The molecule has 0 aromatic carbocycles. The SMILES string of the molecule is O=C(N[C@H]1CCCC[C@@H]1O)c1cc2c(nc3sccn32)s1. The van der Waals surface area contributed by atoms with E-state index in [9.17, 15) is 9.90 Å². The molecule has 3 heterocycles. The van der Waals surface area contributed by atoms with Gasteiger partial charge >= 0.3 is 0 Å². The van der Waals surface area contributed by atoms with Crippen molar-refractivity contribution in [1.82, 2.24) is 14.7 Å². The van der Waals surface area contributed by atoms with Gasteiger partial charge in [-0.15, -0.1) is 22.7 Å². The Labute approximate surface area is 129 Å². The van der Waals surface area contributed by atoms with Crippen LogP contribution in [0.15, 0.2) is 17.6 Å². The summed E-state index contributed by atoms with van der Waals surface area (Å²) in [4.78, 5) is 19.4. The Bertz CT molecular complexity index is 804. The summed E-state index contributed by atoms with van der Waals surface area (Å²) in [6.07, 6.45) is 5.27. The van der Waals surface area contributed by atoms with Crippen LogP contribution in [-0.2, 0) is 0 Å². The number of amides is 1. The first-order chi connectivity index (χ1) is 10.2. The van der Waals surface area contributed by atoms with Crippen LogP contribution in [-0.4, -0.2) is 32.5 Å². The number of rotatable bonds is 2. The lowest BCUT2D eigenvalue weighted by Crippen LogP contribution is -2.44. The average Bonchev–Trinajstić information content (AvgIpc) is 3.12. The van der Waals surface area contributed by atoms with Crippen LogP contribution in [0.25, 0.3) is 15.3 Å². The summed E-state index contributed by atoms with van der Waals surface area (Å²) in [5, 5.41) is 14.9. The lowest BCUT2D eigenvalue weighted by molar-refractivity contribution is 0.0720. The number of hydrogen-bond donors (Lipinski definition) is 2. The van der Waals surface area contributed by atoms with Gasteiger partial charge in [-0.1, -0.05) is 12.8 Å². The third-order valence-electron chi connectivity index (χ3n) is 4.01. The van der Waals surface area contributed by atoms with Crippen LogP contribution >= 0.6 is 22.7 Å². The summed E-state index contributed by atoms with van der Waals surface area (Å²) in [7, 11) is 0. The fourth-order valence-electron chi connectivity index (χ4n) is 2.88. The average molecular weight is 321 g/mol. The number of thiophene rings is 1. The van der Waals surface area contributed by atoms with E-state index in [1.54, 1.807) is 11.3 Å². The number of carbonyl (C=O) groups is 1. The van der Waals surface area contributed by atoms with E-state index in [1.807, 2.05) is 22.0 Å². The van der Waals surface area contributed by atoms with Crippen molar-refractivity contribution in [2.75, 3.05) is 0 Å². The second-order valence-corrected chi connectivity index (χ2v) is 7.30. The maximum Gasteiger partial charge on any atom is 0.261 e. The molecule has 7 heteroatoms. The number of hydrogen-bond acceptors (Lipinski definition) is 5. The predicted molar refractivity (Wildman–Crippen MR) is 84.2 cm³/mol. The predicted octanol–water partition coefficient (Wildman–Crippen LogP) is 2.64. The number of aliphatic hydroxyl groups excluding tert-OH is 1. The summed E-state index contributed by atoms with van der Waals surface area (Å²) in [5.74, 6) is -0.104. The van der Waals surface area contributed by atoms with Gasteiger partial charge in [0.05, 0.1) is 22.5 Å². The van der Waals surface area contributed by atoms with Crippen molar-refractivity contribution in [3.05, 3.63) is 22.5 Å². The smallest absolute Gasteiger partial charge is 0.261 e. The molecule has 0 saturated heterocycles. The summed E-state index contributed by atoms with van der Waals surface area (Å²) in [5.41, 5.74) is 0.977. The monoisotopic (exact) mass is 321 g/mol. The zero-order valence-corrected chi connectivity index (χ0v) is 12.9. The highest BCUT2D eigenvalue weighted by Gasteiger charge is 2.25. The highest BCUT2D eigenvalue weighted by molar-refractivity contribution is 7.21. The molecule has 0 unspecified atom stereocenters. The molecule has 1 aliphatic rings. The van der Waals surface area contributed by atoms with E-state index >= 15 is 0 Å². The Hall–Kier alpha value is -1.44. The molecule has 2 atom stereocenters. The van der Waals surface area contributed by atoms with E-state index < -0.39 is 6.10 Å². The van der Waals surface area contributed by atoms with Crippen LogP contribution in [0.2, 0.25) is 0 Å². The van der Waals surface area contributed by atoms with Crippen molar-refractivity contribution < 1.29 is 9.90 Å². The summed E-state index contributed by atoms with van der Waals surface area (Å²) in [6.45, 7) is 0. The number of thiazole rings is 1. The van der Waals surface area contributed by atoms with Crippen LogP contribution in [0.1, 0.15) is 35.4 Å². The molecule has 0 radical (unpaired) electrons. The van der Waals surface area contributed by atoms with E-state index in [1.165, 1.54) is 11.3 Å². The fourth-order valence-corrected chi connectivity index (χ4v) is 4.58. The van der Waals surface area contributed by atoms with E-state index in [-0.39, 0.29) is 11.9 Å². The van der Waals surface area contributed by atoms with Crippen molar-refractivity contribution in [2.45, 2.75) is 37.8 Å². The van der Waals surface area contributed by atoms with Crippen molar-refractivity contribution >= 4 is 43.9 Å². The molecule has 0 aliphatic heterocycles. The Balaban J connectivity index is 1.59. The second-order valence-electron chi connectivity index (χ2n) is 5.40. The number of imidazole rings is 1. The van der Waals surface area contributed by atoms with Crippen LogP contribution < -0.4 is 5.32 Å². The van der Waals surface area contributed by atoms with Gasteiger partial charge in [-0.25, -0.2) is 4.98 Å². The van der Waals surface area contributed by atoms with Crippen molar-refractivity contribution in [1.29, 1.82) is 0 Å². The van der Waals surface area contributed by atoms with Gasteiger partial charge in [-0.05, 0) is 18.9 Å². The normalized spacial score (nSPS) is 22.9. The highest BCUT2D eigenvalue weighted by Crippen LogP contribution is 2.28. The van der Waals surface area contributed by atoms with Crippen LogP contribution in [0.4, 0.5) is 0 Å². The fraction of sp³-hybridized carbons (Fsp3) is 0.429. The van der Waals surface area contributed by atoms with Gasteiger partial charge in [-0.3, -0.25) is 9.20 Å². The minimum atomic E-state index is -0.419. The van der Waals surface area contributed by atoms with Gasteiger partial charge in [0.15, 0.2) is 4.96 Å². The standard InChI is InChI=1S/C14H15N3O2S2/c18-10-4-2-1-3-8(10)15-12(19)11-7-9-13(21-11)16-14-17(9)5-6-20-14/h5-8,10,18H,1-4H2,(H,15,19)/t8-,10-/m0/s1. The van der Waals surface area contributed by atoms with Crippen molar-refractivity contribution in [2.24, 2.45) is 0 Å². The molecule has 1 amide bonds. The molecule has 1 saturated carbocycles. The van der Waals surface area contributed by atoms with Crippen LogP contribution in [0, 0.1) is 0 Å². The molecule has 0 spiro atoms. The molecule has 110 valence electrons. The Morgan fingerprint density at radius 1 is 1.43 bits per heavy atom. The first kappa shape index (κ1) is 13.2. The van der Waals surface area contributed by atoms with Crippen molar-refractivity contribution in [3.63, 3.8) is 0 Å². The number of fused-ring (bicyclic) bond motifs is 3. The maximum absolute atomic E-state index is 12.4. The first-order valence-electron chi connectivity index (χ1n) is 7.06.